The maximum Gasteiger partial charge on any atom is 0.508 e. The molecule has 2 atom stereocenters. The van der Waals surface area contributed by atoms with Crippen molar-refractivity contribution < 1.29 is 24.2 Å². The number of carbonyl (C=O) groups is 1. The van der Waals surface area contributed by atoms with E-state index in [4.69, 9.17) is 9.47 Å². The Labute approximate surface area is 106 Å². The first-order valence-electron chi connectivity index (χ1n) is 5.77. The highest BCUT2D eigenvalue weighted by atomic mass is 17.0. The Morgan fingerprint density at radius 3 is 2.33 bits per heavy atom. The maximum atomic E-state index is 11.3. The SMILES string of the molecule is CC(CCOC(=O)OC(C)C(C)(C)C)O[N+](=O)[O-]. The molecular weight excluding hydrogens is 242 g/mol. The zero-order chi connectivity index (χ0) is 14.3. The zero-order valence-electron chi connectivity index (χ0n) is 11.5. The van der Waals surface area contributed by atoms with E-state index in [2.05, 4.69) is 4.84 Å². The van der Waals surface area contributed by atoms with Crippen LogP contribution in [0.2, 0.25) is 0 Å². The lowest BCUT2D eigenvalue weighted by Gasteiger charge is -2.26. The third kappa shape index (κ3) is 7.70. The molecule has 106 valence electrons. The van der Waals surface area contributed by atoms with Gasteiger partial charge in [-0.25, -0.2) is 4.79 Å². The molecule has 0 bridgehead atoms. The second-order valence-electron chi connectivity index (χ2n) is 5.15. The van der Waals surface area contributed by atoms with E-state index in [0.717, 1.165) is 0 Å². The number of nitrogens with zero attached hydrogens (tertiary/aromatic N) is 1. The molecule has 7 heteroatoms. The van der Waals surface area contributed by atoms with E-state index < -0.39 is 17.3 Å². The molecule has 0 radical (unpaired) electrons. The van der Waals surface area contributed by atoms with Gasteiger partial charge in [0.1, 0.15) is 12.2 Å². The lowest BCUT2D eigenvalue weighted by atomic mass is 9.90. The van der Waals surface area contributed by atoms with Crippen LogP contribution in [0.5, 0.6) is 0 Å². The highest BCUT2D eigenvalue weighted by Crippen LogP contribution is 2.21. The molecule has 0 aromatic rings. The van der Waals surface area contributed by atoms with Gasteiger partial charge >= 0.3 is 6.16 Å². The lowest BCUT2D eigenvalue weighted by Crippen LogP contribution is -2.29. The molecular formula is C11H21NO6. The fourth-order valence-electron chi connectivity index (χ4n) is 0.863. The van der Waals surface area contributed by atoms with E-state index in [0.29, 0.717) is 0 Å². The molecule has 0 heterocycles. The van der Waals surface area contributed by atoms with Crippen molar-refractivity contribution in [1.29, 1.82) is 0 Å². The van der Waals surface area contributed by atoms with Crippen molar-refractivity contribution in [3.05, 3.63) is 10.1 Å². The minimum absolute atomic E-state index is 0.0186. The zero-order valence-corrected chi connectivity index (χ0v) is 11.5. The third-order valence-electron chi connectivity index (χ3n) is 2.50. The smallest absolute Gasteiger partial charge is 0.434 e. The van der Waals surface area contributed by atoms with Crippen LogP contribution in [-0.2, 0) is 14.3 Å². The van der Waals surface area contributed by atoms with Gasteiger partial charge in [-0.3, -0.25) is 0 Å². The average molecular weight is 263 g/mol. The maximum absolute atomic E-state index is 11.3. The average Bonchev–Trinajstić information content (AvgIpc) is 2.14. The van der Waals surface area contributed by atoms with Crippen molar-refractivity contribution in [1.82, 2.24) is 0 Å². The first-order valence-corrected chi connectivity index (χ1v) is 5.77. The topological polar surface area (TPSA) is 87.9 Å². The van der Waals surface area contributed by atoms with E-state index in [1.165, 1.54) is 6.92 Å². The molecule has 0 aromatic carbocycles. The van der Waals surface area contributed by atoms with Crippen LogP contribution in [0.25, 0.3) is 0 Å². The van der Waals surface area contributed by atoms with Crippen LogP contribution in [0.15, 0.2) is 0 Å². The number of hydrogen-bond donors (Lipinski definition) is 0. The van der Waals surface area contributed by atoms with E-state index in [9.17, 15) is 14.9 Å². The fraction of sp³-hybridized carbons (Fsp3) is 0.909. The van der Waals surface area contributed by atoms with Gasteiger partial charge in [0, 0.05) is 6.42 Å². The molecule has 0 aromatic heterocycles. The first kappa shape index (κ1) is 16.5. The van der Waals surface area contributed by atoms with Crippen LogP contribution in [0, 0.1) is 15.5 Å². The van der Waals surface area contributed by atoms with Crippen molar-refractivity contribution in [3.63, 3.8) is 0 Å². The first-order chi connectivity index (χ1) is 8.12. The summed E-state index contributed by atoms with van der Waals surface area (Å²) in [5, 5.41) is 9.14. The van der Waals surface area contributed by atoms with Crippen LogP contribution in [0.1, 0.15) is 41.0 Å². The van der Waals surface area contributed by atoms with Crippen molar-refractivity contribution in [3.8, 4) is 0 Å². The normalized spacial score (nSPS) is 14.5. The van der Waals surface area contributed by atoms with E-state index in [1.807, 2.05) is 20.8 Å². The van der Waals surface area contributed by atoms with Gasteiger partial charge in [0.25, 0.3) is 5.09 Å². The Bertz CT molecular complexity index is 286. The highest BCUT2D eigenvalue weighted by molar-refractivity contribution is 5.60. The summed E-state index contributed by atoms with van der Waals surface area (Å²) in [4.78, 5) is 25.6. The van der Waals surface area contributed by atoms with Gasteiger partial charge in [0.05, 0.1) is 6.61 Å². The van der Waals surface area contributed by atoms with Crippen molar-refractivity contribution in [2.45, 2.75) is 53.2 Å². The Morgan fingerprint density at radius 2 is 1.89 bits per heavy atom. The van der Waals surface area contributed by atoms with Crippen molar-refractivity contribution in [2.75, 3.05) is 6.61 Å². The minimum Gasteiger partial charge on any atom is -0.434 e. The lowest BCUT2D eigenvalue weighted by molar-refractivity contribution is -0.767. The molecule has 0 amide bonds. The summed E-state index contributed by atoms with van der Waals surface area (Å²) >= 11 is 0. The van der Waals surface area contributed by atoms with E-state index >= 15 is 0 Å². The molecule has 0 N–H and O–H groups in total. The van der Waals surface area contributed by atoms with E-state index in [1.54, 1.807) is 6.92 Å². The van der Waals surface area contributed by atoms with Crippen LogP contribution in [0.4, 0.5) is 4.79 Å². The van der Waals surface area contributed by atoms with Gasteiger partial charge in [-0.05, 0) is 19.3 Å². The van der Waals surface area contributed by atoms with Crippen LogP contribution in [-0.4, -0.2) is 30.1 Å². The largest absolute Gasteiger partial charge is 0.508 e. The Morgan fingerprint density at radius 1 is 1.33 bits per heavy atom. The molecule has 0 aliphatic heterocycles. The Balaban J connectivity index is 3.81. The number of hydrogen-bond acceptors (Lipinski definition) is 6. The Hall–Kier alpha value is -1.53. The molecule has 0 aliphatic rings. The number of carbonyl (C=O) groups excluding carboxylic acids is 1. The van der Waals surface area contributed by atoms with Crippen LogP contribution in [0.3, 0.4) is 0 Å². The molecule has 0 fully saturated rings. The third-order valence-corrected chi connectivity index (χ3v) is 2.50. The van der Waals surface area contributed by atoms with Gasteiger partial charge in [0.2, 0.25) is 0 Å². The predicted octanol–water partition coefficient (Wildman–Crippen LogP) is 2.56. The summed E-state index contributed by atoms with van der Waals surface area (Å²) in [6.45, 7) is 9.15. The molecule has 0 rings (SSSR count). The standard InChI is InChI=1S/C11H21NO6/c1-8(18-12(14)15)6-7-16-10(13)17-9(2)11(3,4)5/h8-9H,6-7H2,1-5H3. The Kier molecular flexibility index (Phi) is 6.43. The van der Waals surface area contributed by atoms with Gasteiger partial charge in [-0.1, -0.05) is 20.8 Å². The second-order valence-corrected chi connectivity index (χ2v) is 5.15. The molecule has 18 heavy (non-hydrogen) atoms. The molecule has 7 nitrogen and oxygen atoms in total. The predicted molar refractivity (Wildman–Crippen MR) is 63.5 cm³/mol. The van der Waals surface area contributed by atoms with Gasteiger partial charge in [-0.2, -0.15) is 0 Å². The fourth-order valence-corrected chi connectivity index (χ4v) is 0.863. The molecule has 0 aliphatic carbocycles. The number of ether oxygens (including phenoxy) is 2. The monoisotopic (exact) mass is 263 g/mol. The molecule has 0 saturated heterocycles. The van der Waals surface area contributed by atoms with Crippen LogP contribution >= 0.6 is 0 Å². The molecule has 0 saturated carbocycles. The van der Waals surface area contributed by atoms with Gasteiger partial charge < -0.3 is 14.3 Å². The van der Waals surface area contributed by atoms with Gasteiger partial charge in [0.15, 0.2) is 0 Å². The summed E-state index contributed by atoms with van der Waals surface area (Å²) < 4.78 is 9.84. The molecule has 0 spiro atoms. The summed E-state index contributed by atoms with van der Waals surface area (Å²) in [6, 6.07) is 0. The van der Waals surface area contributed by atoms with Crippen LogP contribution < -0.4 is 0 Å². The highest BCUT2D eigenvalue weighted by Gasteiger charge is 2.24. The molecule has 2 unspecified atom stereocenters. The number of rotatable bonds is 6. The van der Waals surface area contributed by atoms with Gasteiger partial charge in [-0.15, -0.1) is 10.1 Å². The minimum atomic E-state index is -0.870. The quantitative estimate of drug-likeness (QED) is 0.415. The van der Waals surface area contributed by atoms with E-state index in [-0.39, 0.29) is 24.5 Å². The summed E-state index contributed by atoms with van der Waals surface area (Å²) in [5.41, 5.74) is -0.166. The summed E-state index contributed by atoms with van der Waals surface area (Å²) in [7, 11) is 0. The summed E-state index contributed by atoms with van der Waals surface area (Å²) in [6.07, 6.45) is -1.43. The van der Waals surface area contributed by atoms with Crippen molar-refractivity contribution >= 4 is 6.16 Å². The second kappa shape index (κ2) is 7.03. The summed E-state index contributed by atoms with van der Waals surface area (Å²) in [5.74, 6) is 0. The van der Waals surface area contributed by atoms with Crippen molar-refractivity contribution in [2.24, 2.45) is 5.41 Å².